The van der Waals surface area contributed by atoms with Crippen molar-refractivity contribution in [1.82, 2.24) is 0 Å². The van der Waals surface area contributed by atoms with Crippen LogP contribution in [0, 0.1) is 0 Å². The van der Waals surface area contributed by atoms with Crippen molar-refractivity contribution in [3.63, 3.8) is 0 Å². The molecule has 0 heterocycles. The van der Waals surface area contributed by atoms with E-state index >= 15 is 0 Å². The molecule has 0 aliphatic rings. The summed E-state index contributed by atoms with van der Waals surface area (Å²) < 4.78 is 51.9. The van der Waals surface area contributed by atoms with Crippen LogP contribution in [0.15, 0.2) is 0 Å². The highest BCUT2D eigenvalue weighted by molar-refractivity contribution is 7.46. The zero-order chi connectivity index (χ0) is 12.3. The fraction of sp³-hybridized carbons (Fsp3) is 1.00. The molecule has 0 aromatic heterocycles. The zero-order valence-corrected chi connectivity index (χ0v) is 9.26. The molecule has 0 rings (SSSR count). The Morgan fingerprint density at radius 3 is 2.13 bits per heavy atom. The van der Waals surface area contributed by atoms with Crippen molar-refractivity contribution in [1.29, 1.82) is 0 Å². The van der Waals surface area contributed by atoms with Gasteiger partial charge in [-0.15, -0.1) is 0 Å². The molecular formula is C7H14F3O4P. The van der Waals surface area contributed by atoms with Gasteiger partial charge in [0.15, 0.2) is 6.17 Å². The first-order valence-corrected chi connectivity index (χ1v) is 5.84. The van der Waals surface area contributed by atoms with Gasteiger partial charge in [-0.3, -0.25) is 4.52 Å². The smallest absolute Gasteiger partial charge is 0.303 e. The molecule has 0 saturated carbocycles. The van der Waals surface area contributed by atoms with Crippen LogP contribution in [0.2, 0.25) is 0 Å². The van der Waals surface area contributed by atoms with Gasteiger partial charge in [0.05, 0.1) is 0 Å². The molecule has 15 heavy (non-hydrogen) atoms. The average Bonchev–Trinajstić information content (AvgIpc) is 1.99. The van der Waals surface area contributed by atoms with Gasteiger partial charge in [0.25, 0.3) is 6.43 Å². The van der Waals surface area contributed by atoms with Crippen LogP contribution in [-0.2, 0) is 9.09 Å². The topological polar surface area (TPSA) is 66.8 Å². The Morgan fingerprint density at radius 2 is 1.87 bits per heavy atom. The van der Waals surface area contributed by atoms with Gasteiger partial charge in [0.1, 0.15) is 5.60 Å². The summed E-state index contributed by atoms with van der Waals surface area (Å²) in [5.74, 6) is 0. The fourth-order valence-electron chi connectivity index (χ4n) is 1.27. The van der Waals surface area contributed by atoms with Crippen LogP contribution in [0.5, 0.6) is 0 Å². The van der Waals surface area contributed by atoms with Crippen LogP contribution in [-0.4, -0.2) is 28.0 Å². The summed E-state index contributed by atoms with van der Waals surface area (Å²) in [5.41, 5.74) is -2.16. The summed E-state index contributed by atoms with van der Waals surface area (Å²) >= 11 is 0. The number of hydrogen-bond acceptors (Lipinski definition) is 2. The van der Waals surface area contributed by atoms with E-state index in [1.807, 2.05) is 0 Å². The standard InChI is InChI=1S/C7H14F3O4P/c1-3-4-7(2,5(8)6(9)10)14-15(11,12)13/h5-6H,3-4H2,1-2H3,(H2,11,12,13). The van der Waals surface area contributed by atoms with E-state index < -0.39 is 26.0 Å². The molecule has 2 atom stereocenters. The molecule has 0 aliphatic carbocycles. The van der Waals surface area contributed by atoms with E-state index in [0.717, 1.165) is 6.92 Å². The SMILES string of the molecule is CCCC(C)(OP(=O)(O)O)C(F)C(F)F. The number of phosphoric acid groups is 1. The number of rotatable bonds is 6. The highest BCUT2D eigenvalue weighted by Crippen LogP contribution is 2.45. The molecule has 0 aromatic carbocycles. The molecule has 0 radical (unpaired) electrons. The Kier molecular flexibility index (Phi) is 5.26. The summed E-state index contributed by atoms with van der Waals surface area (Å²) in [7, 11) is -4.98. The lowest BCUT2D eigenvalue weighted by Crippen LogP contribution is -2.42. The van der Waals surface area contributed by atoms with Gasteiger partial charge in [0.2, 0.25) is 0 Å². The lowest BCUT2D eigenvalue weighted by atomic mass is 9.95. The maximum atomic E-state index is 13.1. The molecule has 8 heteroatoms. The molecule has 0 spiro atoms. The quantitative estimate of drug-likeness (QED) is 0.709. The summed E-state index contributed by atoms with van der Waals surface area (Å²) in [4.78, 5) is 17.0. The molecule has 0 aromatic rings. The van der Waals surface area contributed by atoms with Gasteiger partial charge in [-0.25, -0.2) is 17.7 Å². The molecule has 0 bridgehead atoms. The van der Waals surface area contributed by atoms with Crippen LogP contribution >= 0.6 is 7.82 Å². The first-order valence-electron chi connectivity index (χ1n) is 4.31. The van der Waals surface area contributed by atoms with E-state index in [1.165, 1.54) is 0 Å². The molecule has 0 aliphatic heterocycles. The predicted molar refractivity (Wildman–Crippen MR) is 47.3 cm³/mol. The van der Waals surface area contributed by atoms with Gasteiger partial charge in [-0.05, 0) is 13.3 Å². The first-order chi connectivity index (χ1) is 6.62. The van der Waals surface area contributed by atoms with Crippen molar-refractivity contribution in [2.75, 3.05) is 0 Å². The normalized spacial score (nSPS) is 18.9. The van der Waals surface area contributed by atoms with Gasteiger partial charge >= 0.3 is 7.82 Å². The van der Waals surface area contributed by atoms with Crippen molar-refractivity contribution in [3.8, 4) is 0 Å². The molecule has 0 amide bonds. The average molecular weight is 250 g/mol. The third-order valence-corrected chi connectivity index (χ3v) is 2.53. The Labute approximate surface area is 85.7 Å². The zero-order valence-electron chi connectivity index (χ0n) is 8.36. The van der Waals surface area contributed by atoms with Crippen LogP contribution in [0.25, 0.3) is 0 Å². The number of halogens is 3. The maximum absolute atomic E-state index is 13.1. The van der Waals surface area contributed by atoms with Crippen LogP contribution in [0.1, 0.15) is 26.7 Å². The van der Waals surface area contributed by atoms with E-state index in [2.05, 4.69) is 4.52 Å². The molecule has 92 valence electrons. The molecule has 2 unspecified atom stereocenters. The van der Waals surface area contributed by atoms with Gasteiger partial charge < -0.3 is 9.79 Å². The Morgan fingerprint density at radius 1 is 1.40 bits per heavy atom. The van der Waals surface area contributed by atoms with E-state index in [4.69, 9.17) is 9.79 Å². The summed E-state index contributed by atoms with van der Waals surface area (Å²) in [6.45, 7) is 2.49. The predicted octanol–water partition coefficient (Wildman–Crippen LogP) is 2.26. The van der Waals surface area contributed by atoms with E-state index in [0.29, 0.717) is 0 Å². The monoisotopic (exact) mass is 250 g/mol. The minimum atomic E-state index is -4.98. The third-order valence-electron chi connectivity index (χ3n) is 1.88. The molecule has 0 saturated heterocycles. The minimum absolute atomic E-state index is 0.205. The highest BCUT2D eigenvalue weighted by Gasteiger charge is 2.45. The van der Waals surface area contributed by atoms with Crippen molar-refractivity contribution in [3.05, 3.63) is 0 Å². The second-order valence-electron chi connectivity index (χ2n) is 3.38. The van der Waals surface area contributed by atoms with Gasteiger partial charge in [-0.1, -0.05) is 13.3 Å². The first kappa shape index (κ1) is 14.9. The second-order valence-corrected chi connectivity index (χ2v) is 4.54. The van der Waals surface area contributed by atoms with E-state index in [9.17, 15) is 17.7 Å². The molecular weight excluding hydrogens is 236 g/mol. The fourth-order valence-corrected chi connectivity index (χ4v) is 2.00. The number of hydrogen-bond donors (Lipinski definition) is 2. The van der Waals surface area contributed by atoms with Crippen LogP contribution in [0.3, 0.4) is 0 Å². The third kappa shape index (κ3) is 4.97. The summed E-state index contributed by atoms with van der Waals surface area (Å²) in [6, 6.07) is 0. The highest BCUT2D eigenvalue weighted by atomic mass is 31.2. The number of alkyl halides is 3. The van der Waals surface area contributed by atoms with Crippen LogP contribution < -0.4 is 0 Å². The van der Waals surface area contributed by atoms with Crippen molar-refractivity contribution >= 4 is 7.82 Å². The van der Waals surface area contributed by atoms with Crippen molar-refractivity contribution < 1.29 is 32.0 Å². The second kappa shape index (κ2) is 5.30. The van der Waals surface area contributed by atoms with E-state index in [-0.39, 0.29) is 12.8 Å². The van der Waals surface area contributed by atoms with Gasteiger partial charge in [0, 0.05) is 0 Å². The van der Waals surface area contributed by atoms with Crippen molar-refractivity contribution in [2.45, 2.75) is 44.9 Å². The number of phosphoric ester groups is 1. The Bertz CT molecular complexity index is 244. The largest absolute Gasteiger partial charge is 0.470 e. The lowest BCUT2D eigenvalue weighted by molar-refractivity contribution is -0.0874. The molecule has 2 N–H and O–H groups in total. The minimum Gasteiger partial charge on any atom is -0.303 e. The van der Waals surface area contributed by atoms with Crippen molar-refractivity contribution in [2.24, 2.45) is 0 Å². The summed E-state index contributed by atoms with van der Waals surface area (Å²) in [5, 5.41) is 0. The van der Waals surface area contributed by atoms with Crippen LogP contribution in [0.4, 0.5) is 13.2 Å². The van der Waals surface area contributed by atoms with E-state index in [1.54, 1.807) is 6.92 Å². The van der Waals surface area contributed by atoms with Gasteiger partial charge in [-0.2, -0.15) is 0 Å². The lowest BCUT2D eigenvalue weighted by Gasteiger charge is -2.32. The Balaban J connectivity index is 4.81. The Hall–Kier alpha value is -0.100. The summed E-state index contributed by atoms with van der Waals surface area (Å²) in [6.07, 6.45) is -6.01. The molecule has 4 nitrogen and oxygen atoms in total. The molecule has 0 fully saturated rings. The maximum Gasteiger partial charge on any atom is 0.470 e.